The van der Waals surface area contributed by atoms with Gasteiger partial charge in [0.25, 0.3) is 0 Å². The van der Waals surface area contributed by atoms with Gasteiger partial charge in [0.15, 0.2) is 0 Å². The normalized spacial score (nSPS) is 21.0. The molecular weight excluding hydrogens is 360 g/mol. The number of ether oxygens (including phenoxy) is 1. The molecule has 4 heteroatoms. The summed E-state index contributed by atoms with van der Waals surface area (Å²) in [5.41, 5.74) is 3.60. The van der Waals surface area contributed by atoms with Crippen LogP contribution in [0.4, 0.5) is 4.79 Å². The quantitative estimate of drug-likeness (QED) is 0.592. The second kappa shape index (κ2) is 7.70. The van der Waals surface area contributed by atoms with Gasteiger partial charge in [-0.15, -0.1) is 0 Å². The van der Waals surface area contributed by atoms with Crippen molar-refractivity contribution in [3.05, 3.63) is 84.2 Å². The number of benzene rings is 2. The number of aromatic nitrogens is 1. The lowest BCUT2D eigenvalue weighted by molar-refractivity contribution is 0.0510. The number of carbonyl (C=O) groups is 1. The van der Waals surface area contributed by atoms with E-state index in [4.69, 9.17) is 4.74 Å². The van der Waals surface area contributed by atoms with Crippen LogP contribution in [0.2, 0.25) is 0 Å². The molecule has 3 aromatic rings. The van der Waals surface area contributed by atoms with E-state index in [1.807, 2.05) is 47.6 Å². The molecule has 1 fully saturated rings. The highest BCUT2D eigenvalue weighted by Gasteiger charge is 2.38. The van der Waals surface area contributed by atoms with Crippen molar-refractivity contribution < 1.29 is 9.53 Å². The van der Waals surface area contributed by atoms with Crippen LogP contribution in [0.1, 0.15) is 36.8 Å². The monoisotopic (exact) mass is 384 g/mol. The number of pyridine rings is 1. The number of hydrogen-bond acceptors (Lipinski definition) is 3. The third-order valence-electron chi connectivity index (χ3n) is 6.06. The summed E-state index contributed by atoms with van der Waals surface area (Å²) in [4.78, 5) is 19.0. The summed E-state index contributed by atoms with van der Waals surface area (Å²) in [5.74, 6) is 0. The van der Waals surface area contributed by atoms with Gasteiger partial charge in [0.05, 0.1) is 6.04 Å². The van der Waals surface area contributed by atoms with Crippen molar-refractivity contribution in [2.75, 3.05) is 0 Å². The lowest BCUT2D eigenvalue weighted by atomic mass is 9.83. The molecule has 0 N–H and O–H groups in total. The Kier molecular flexibility index (Phi) is 4.76. The molecule has 2 aromatic carbocycles. The summed E-state index contributed by atoms with van der Waals surface area (Å²) >= 11 is 0. The minimum Gasteiger partial charge on any atom is -0.445 e. The molecule has 3 heterocycles. The van der Waals surface area contributed by atoms with Crippen molar-refractivity contribution in [3.63, 3.8) is 0 Å². The summed E-state index contributed by atoms with van der Waals surface area (Å²) in [6, 6.07) is 18.8. The maximum Gasteiger partial charge on any atom is 0.410 e. The Hall–Kier alpha value is -3.14. The van der Waals surface area contributed by atoms with E-state index >= 15 is 0 Å². The van der Waals surface area contributed by atoms with Crippen LogP contribution >= 0.6 is 0 Å². The zero-order valence-electron chi connectivity index (χ0n) is 16.3. The topological polar surface area (TPSA) is 42.4 Å². The van der Waals surface area contributed by atoms with Crippen molar-refractivity contribution in [1.29, 1.82) is 0 Å². The van der Waals surface area contributed by atoms with E-state index in [0.29, 0.717) is 6.61 Å². The number of carbonyl (C=O) groups excluding carboxylic acids is 1. The van der Waals surface area contributed by atoms with Crippen molar-refractivity contribution in [1.82, 2.24) is 9.88 Å². The largest absolute Gasteiger partial charge is 0.445 e. The van der Waals surface area contributed by atoms with Crippen LogP contribution in [0.3, 0.4) is 0 Å². The van der Waals surface area contributed by atoms with Crippen molar-refractivity contribution in [2.24, 2.45) is 0 Å². The van der Waals surface area contributed by atoms with Gasteiger partial charge in [0.2, 0.25) is 0 Å². The minimum absolute atomic E-state index is 0.119. The van der Waals surface area contributed by atoms with Crippen LogP contribution in [0, 0.1) is 0 Å². The maximum absolute atomic E-state index is 12.9. The Morgan fingerprint density at radius 3 is 2.83 bits per heavy atom. The van der Waals surface area contributed by atoms with Crippen molar-refractivity contribution >= 4 is 22.4 Å². The molecule has 1 aromatic heterocycles. The Labute approximate surface area is 170 Å². The highest BCUT2D eigenvalue weighted by Crippen LogP contribution is 2.38. The fourth-order valence-electron chi connectivity index (χ4n) is 4.61. The number of rotatable bonds is 3. The van der Waals surface area contributed by atoms with Gasteiger partial charge in [-0.3, -0.25) is 9.88 Å². The summed E-state index contributed by atoms with van der Waals surface area (Å²) in [6.07, 6.45) is 9.89. The zero-order valence-corrected chi connectivity index (χ0v) is 16.3. The van der Waals surface area contributed by atoms with Gasteiger partial charge in [-0.2, -0.15) is 0 Å². The fourth-order valence-corrected chi connectivity index (χ4v) is 4.61. The first kappa shape index (κ1) is 17.9. The number of fused-ring (bicyclic) bond motifs is 3. The highest BCUT2D eigenvalue weighted by molar-refractivity contribution is 5.86. The second-order valence-electron chi connectivity index (χ2n) is 7.93. The number of nitrogens with zero attached hydrogens (tertiary/aromatic N) is 2. The van der Waals surface area contributed by atoms with Crippen molar-refractivity contribution in [2.45, 2.75) is 44.4 Å². The van der Waals surface area contributed by atoms with E-state index < -0.39 is 0 Å². The van der Waals surface area contributed by atoms with Gasteiger partial charge < -0.3 is 4.74 Å². The first-order chi connectivity index (χ1) is 14.3. The summed E-state index contributed by atoms with van der Waals surface area (Å²) in [7, 11) is 0. The third-order valence-corrected chi connectivity index (χ3v) is 6.06. The van der Waals surface area contributed by atoms with Crippen LogP contribution in [0.25, 0.3) is 16.3 Å². The van der Waals surface area contributed by atoms with E-state index in [1.54, 1.807) is 0 Å². The average Bonchev–Trinajstić information content (AvgIpc) is 2.77. The van der Waals surface area contributed by atoms with Crippen LogP contribution in [-0.2, 0) is 11.3 Å². The van der Waals surface area contributed by atoms with E-state index in [9.17, 15) is 4.79 Å². The predicted molar refractivity (Wildman–Crippen MR) is 114 cm³/mol. The number of piperidine rings is 1. The summed E-state index contributed by atoms with van der Waals surface area (Å²) in [6.45, 7) is 0.324. The molecule has 29 heavy (non-hydrogen) atoms. The Bertz CT molecular complexity index is 1060. The molecule has 0 saturated carbocycles. The first-order valence-corrected chi connectivity index (χ1v) is 10.3. The van der Waals surface area contributed by atoms with Crippen LogP contribution in [0.15, 0.2) is 73.1 Å². The molecule has 146 valence electrons. The van der Waals surface area contributed by atoms with Gasteiger partial charge in [0.1, 0.15) is 6.61 Å². The molecule has 2 aliphatic heterocycles. The van der Waals surface area contributed by atoms with Crippen LogP contribution in [-0.4, -0.2) is 28.1 Å². The lowest BCUT2D eigenvalue weighted by Gasteiger charge is -2.44. The van der Waals surface area contributed by atoms with Gasteiger partial charge in [-0.05, 0) is 59.9 Å². The molecule has 1 amide bonds. The SMILES string of the molecule is O=C(OCc1ccccc1)N1C2C=C(c3ccc4cnccc4c3)CC1CCC2. The van der Waals surface area contributed by atoms with Gasteiger partial charge in [0, 0.05) is 23.8 Å². The Morgan fingerprint density at radius 1 is 1.07 bits per heavy atom. The maximum atomic E-state index is 12.9. The molecule has 2 unspecified atom stereocenters. The van der Waals surface area contributed by atoms with E-state index in [0.717, 1.165) is 36.6 Å². The van der Waals surface area contributed by atoms with Gasteiger partial charge in [-0.1, -0.05) is 48.5 Å². The molecule has 2 bridgehead atoms. The number of hydrogen-bond donors (Lipinski definition) is 0. The number of amides is 1. The average molecular weight is 384 g/mol. The minimum atomic E-state index is -0.191. The molecule has 1 saturated heterocycles. The molecule has 0 aliphatic carbocycles. The van der Waals surface area contributed by atoms with E-state index in [-0.39, 0.29) is 18.2 Å². The summed E-state index contributed by atoms with van der Waals surface area (Å²) < 4.78 is 5.65. The second-order valence-corrected chi connectivity index (χ2v) is 7.93. The predicted octanol–water partition coefficient (Wildman–Crippen LogP) is 5.58. The Balaban J connectivity index is 1.36. The van der Waals surface area contributed by atoms with Gasteiger partial charge in [-0.25, -0.2) is 4.79 Å². The van der Waals surface area contributed by atoms with Crippen LogP contribution in [0.5, 0.6) is 0 Å². The molecule has 2 aliphatic rings. The Morgan fingerprint density at radius 2 is 1.97 bits per heavy atom. The third kappa shape index (κ3) is 3.63. The lowest BCUT2D eigenvalue weighted by Crippen LogP contribution is -2.51. The molecule has 0 spiro atoms. The van der Waals surface area contributed by atoms with E-state index in [1.165, 1.54) is 16.5 Å². The zero-order chi connectivity index (χ0) is 19.6. The highest BCUT2D eigenvalue weighted by atomic mass is 16.6. The molecular formula is C25H24N2O2. The molecule has 2 atom stereocenters. The van der Waals surface area contributed by atoms with Gasteiger partial charge >= 0.3 is 6.09 Å². The summed E-state index contributed by atoms with van der Waals surface area (Å²) in [5, 5.41) is 2.35. The fraction of sp³-hybridized carbons (Fsp3) is 0.280. The molecule has 4 nitrogen and oxygen atoms in total. The standard InChI is InChI=1S/C25H24N2O2/c28-25(29-17-18-5-2-1-3-6-18)27-23-7-4-8-24(27)15-22(14-23)19-9-10-21-16-26-12-11-20(21)13-19/h1-3,5-6,9-14,16,23-24H,4,7-8,15,17H2. The first-order valence-electron chi connectivity index (χ1n) is 10.3. The van der Waals surface area contributed by atoms with Crippen molar-refractivity contribution in [3.8, 4) is 0 Å². The van der Waals surface area contributed by atoms with Crippen LogP contribution < -0.4 is 0 Å². The molecule has 5 rings (SSSR count). The smallest absolute Gasteiger partial charge is 0.410 e. The molecule has 0 radical (unpaired) electrons. The van der Waals surface area contributed by atoms with E-state index in [2.05, 4.69) is 35.3 Å².